The minimum atomic E-state index is -1.19. The van der Waals surface area contributed by atoms with Gasteiger partial charge in [0.2, 0.25) is 5.91 Å². The van der Waals surface area contributed by atoms with E-state index >= 15 is 0 Å². The summed E-state index contributed by atoms with van der Waals surface area (Å²) in [5.74, 6) is -2.29. The van der Waals surface area contributed by atoms with Crippen LogP contribution in [0.15, 0.2) is 24.3 Å². The van der Waals surface area contributed by atoms with Crippen molar-refractivity contribution < 1.29 is 19.5 Å². The molecule has 0 spiro atoms. The van der Waals surface area contributed by atoms with Gasteiger partial charge in [-0.05, 0) is 47.2 Å². The van der Waals surface area contributed by atoms with Crippen LogP contribution in [0.5, 0.6) is 0 Å². The van der Waals surface area contributed by atoms with Gasteiger partial charge in [-0.25, -0.2) is 4.79 Å². The molecular formula is C12H13IN2O4. The molecule has 0 saturated carbocycles. The van der Waals surface area contributed by atoms with Crippen molar-refractivity contribution >= 4 is 40.4 Å². The van der Waals surface area contributed by atoms with E-state index < -0.39 is 23.8 Å². The van der Waals surface area contributed by atoms with Gasteiger partial charge < -0.3 is 16.2 Å². The molecule has 0 aliphatic heterocycles. The SMILES string of the molecule is NC(=O)CCC(NC(=O)c1cccc(I)c1)C(=O)O. The van der Waals surface area contributed by atoms with E-state index in [-0.39, 0.29) is 12.8 Å². The Hall–Kier alpha value is -1.64. The molecule has 2 amide bonds. The molecule has 0 radical (unpaired) electrons. The maximum Gasteiger partial charge on any atom is 0.326 e. The zero-order valence-electron chi connectivity index (χ0n) is 9.93. The highest BCUT2D eigenvalue weighted by atomic mass is 127. The van der Waals surface area contributed by atoms with Crippen molar-refractivity contribution in [3.05, 3.63) is 33.4 Å². The highest BCUT2D eigenvalue weighted by Gasteiger charge is 2.21. The van der Waals surface area contributed by atoms with Gasteiger partial charge in [-0.3, -0.25) is 9.59 Å². The Kier molecular flexibility index (Phi) is 5.74. The number of amides is 2. The van der Waals surface area contributed by atoms with Crippen molar-refractivity contribution in [2.45, 2.75) is 18.9 Å². The molecule has 0 heterocycles. The molecule has 0 aliphatic carbocycles. The van der Waals surface area contributed by atoms with Crippen molar-refractivity contribution in [2.75, 3.05) is 0 Å². The van der Waals surface area contributed by atoms with Crippen LogP contribution >= 0.6 is 22.6 Å². The van der Waals surface area contributed by atoms with E-state index in [1.807, 2.05) is 6.07 Å². The maximum absolute atomic E-state index is 11.9. The minimum Gasteiger partial charge on any atom is -0.480 e. The van der Waals surface area contributed by atoms with E-state index in [1.54, 1.807) is 18.2 Å². The van der Waals surface area contributed by atoms with Crippen LogP contribution in [0.4, 0.5) is 0 Å². The summed E-state index contributed by atoms with van der Waals surface area (Å²) in [6, 6.07) is 5.63. The second-order valence-corrected chi connectivity index (χ2v) is 5.13. The van der Waals surface area contributed by atoms with E-state index in [4.69, 9.17) is 10.8 Å². The summed E-state index contributed by atoms with van der Waals surface area (Å²) >= 11 is 2.05. The number of halogens is 1. The number of rotatable bonds is 6. The number of carboxylic acid groups (broad SMARTS) is 1. The zero-order valence-corrected chi connectivity index (χ0v) is 12.1. The quantitative estimate of drug-likeness (QED) is 0.637. The van der Waals surface area contributed by atoms with Crippen molar-refractivity contribution in [1.29, 1.82) is 0 Å². The minimum absolute atomic E-state index is 0.0274. The molecule has 7 heteroatoms. The fourth-order valence-electron chi connectivity index (χ4n) is 1.42. The van der Waals surface area contributed by atoms with Crippen molar-refractivity contribution in [1.82, 2.24) is 5.32 Å². The van der Waals surface area contributed by atoms with Crippen LogP contribution in [0.25, 0.3) is 0 Å². The Morgan fingerprint density at radius 2 is 2.05 bits per heavy atom. The first-order valence-corrected chi connectivity index (χ1v) is 6.55. The number of nitrogens with one attached hydrogen (secondary N) is 1. The molecule has 0 saturated heterocycles. The Morgan fingerprint density at radius 1 is 1.37 bits per heavy atom. The lowest BCUT2D eigenvalue weighted by atomic mass is 10.1. The van der Waals surface area contributed by atoms with Crippen LogP contribution in [0, 0.1) is 3.57 Å². The lowest BCUT2D eigenvalue weighted by Crippen LogP contribution is -2.41. The van der Waals surface area contributed by atoms with Gasteiger partial charge in [0.05, 0.1) is 0 Å². The van der Waals surface area contributed by atoms with Crippen LogP contribution in [0.2, 0.25) is 0 Å². The average Bonchev–Trinajstić information content (AvgIpc) is 2.33. The predicted molar refractivity (Wildman–Crippen MR) is 76.5 cm³/mol. The largest absolute Gasteiger partial charge is 0.480 e. The van der Waals surface area contributed by atoms with Crippen molar-refractivity contribution in [3.8, 4) is 0 Å². The normalized spacial score (nSPS) is 11.6. The van der Waals surface area contributed by atoms with Gasteiger partial charge in [0.25, 0.3) is 5.91 Å². The van der Waals surface area contributed by atoms with Gasteiger partial charge >= 0.3 is 5.97 Å². The Labute approximate surface area is 123 Å². The summed E-state index contributed by atoms with van der Waals surface area (Å²) < 4.78 is 0.870. The van der Waals surface area contributed by atoms with Crippen molar-refractivity contribution in [2.24, 2.45) is 5.73 Å². The van der Waals surface area contributed by atoms with E-state index in [9.17, 15) is 14.4 Å². The summed E-state index contributed by atoms with van der Waals surface area (Å²) in [4.78, 5) is 33.5. The predicted octanol–water partition coefficient (Wildman–Crippen LogP) is 0.740. The zero-order chi connectivity index (χ0) is 14.4. The molecule has 1 aromatic rings. The lowest BCUT2D eigenvalue weighted by molar-refractivity contribution is -0.139. The molecule has 1 rings (SSSR count). The highest BCUT2D eigenvalue weighted by Crippen LogP contribution is 2.08. The van der Waals surface area contributed by atoms with Gasteiger partial charge in [0.1, 0.15) is 6.04 Å². The van der Waals surface area contributed by atoms with Gasteiger partial charge in [0, 0.05) is 15.6 Å². The molecule has 1 unspecified atom stereocenters. The van der Waals surface area contributed by atoms with Gasteiger partial charge in [-0.1, -0.05) is 6.07 Å². The molecule has 0 aromatic heterocycles. The molecule has 6 nitrogen and oxygen atoms in total. The van der Waals surface area contributed by atoms with E-state index in [0.29, 0.717) is 5.56 Å². The third-order valence-electron chi connectivity index (χ3n) is 2.37. The topological polar surface area (TPSA) is 109 Å². The fraction of sp³-hybridized carbons (Fsp3) is 0.250. The first-order valence-electron chi connectivity index (χ1n) is 5.47. The summed E-state index contributed by atoms with van der Waals surface area (Å²) in [5, 5.41) is 11.3. The number of carboxylic acids is 1. The summed E-state index contributed by atoms with van der Waals surface area (Å²) in [7, 11) is 0. The molecule has 102 valence electrons. The first-order chi connectivity index (χ1) is 8.90. The van der Waals surface area contributed by atoms with E-state index in [0.717, 1.165) is 3.57 Å². The Bertz CT molecular complexity index is 504. The van der Waals surface area contributed by atoms with Crippen LogP contribution in [-0.4, -0.2) is 28.9 Å². The molecular weight excluding hydrogens is 363 g/mol. The Balaban J connectivity index is 2.71. The third-order valence-corrected chi connectivity index (χ3v) is 3.04. The standard InChI is InChI=1S/C12H13IN2O4/c13-8-3-1-2-7(6-8)11(17)15-9(12(18)19)4-5-10(14)16/h1-3,6,9H,4-5H2,(H2,14,16)(H,15,17)(H,18,19). The third kappa shape index (κ3) is 5.25. The highest BCUT2D eigenvalue weighted by molar-refractivity contribution is 14.1. The number of primary amides is 1. The number of carbonyl (C=O) groups excluding carboxylic acids is 2. The van der Waals surface area contributed by atoms with Gasteiger partial charge in [-0.15, -0.1) is 0 Å². The number of carbonyl (C=O) groups is 3. The smallest absolute Gasteiger partial charge is 0.326 e. The number of benzene rings is 1. The van der Waals surface area contributed by atoms with E-state index in [1.165, 1.54) is 0 Å². The van der Waals surface area contributed by atoms with Crippen LogP contribution in [0.1, 0.15) is 23.2 Å². The molecule has 19 heavy (non-hydrogen) atoms. The van der Waals surface area contributed by atoms with E-state index in [2.05, 4.69) is 27.9 Å². The van der Waals surface area contributed by atoms with Gasteiger partial charge in [-0.2, -0.15) is 0 Å². The first kappa shape index (κ1) is 15.4. The molecule has 0 bridgehead atoms. The summed E-state index contributed by atoms with van der Waals surface area (Å²) in [6.45, 7) is 0. The second-order valence-electron chi connectivity index (χ2n) is 3.88. The van der Waals surface area contributed by atoms with Crippen molar-refractivity contribution in [3.63, 3.8) is 0 Å². The number of aliphatic carboxylic acids is 1. The monoisotopic (exact) mass is 376 g/mol. The summed E-state index contributed by atoms with van der Waals surface area (Å²) in [5.41, 5.74) is 5.33. The molecule has 1 atom stereocenters. The maximum atomic E-state index is 11.9. The fourth-order valence-corrected chi connectivity index (χ4v) is 1.96. The molecule has 0 aliphatic rings. The second kappa shape index (κ2) is 7.07. The number of nitrogens with two attached hydrogens (primary N) is 1. The van der Waals surface area contributed by atoms with Gasteiger partial charge in [0.15, 0.2) is 0 Å². The summed E-state index contributed by atoms with van der Waals surface area (Å²) in [6.07, 6.45) is -0.121. The van der Waals surface area contributed by atoms with Crippen LogP contribution < -0.4 is 11.1 Å². The molecule has 0 fully saturated rings. The lowest BCUT2D eigenvalue weighted by Gasteiger charge is -2.13. The van der Waals surface area contributed by atoms with Crippen LogP contribution in [0.3, 0.4) is 0 Å². The average molecular weight is 376 g/mol. The molecule has 4 N–H and O–H groups in total. The molecule has 1 aromatic carbocycles. The van der Waals surface area contributed by atoms with Crippen LogP contribution in [-0.2, 0) is 9.59 Å². The number of hydrogen-bond acceptors (Lipinski definition) is 3. The Morgan fingerprint density at radius 3 is 2.58 bits per heavy atom. The number of hydrogen-bond donors (Lipinski definition) is 3.